The van der Waals surface area contributed by atoms with E-state index < -0.39 is 23.1 Å². The van der Waals surface area contributed by atoms with Gasteiger partial charge in [-0.15, -0.1) is 0 Å². The van der Waals surface area contributed by atoms with E-state index in [0.717, 1.165) is 23.9 Å². The third-order valence-corrected chi connectivity index (χ3v) is 3.36. The number of hydrogen-bond acceptors (Lipinski definition) is 6. The maximum atomic E-state index is 13.1. The molecule has 7 nitrogen and oxygen atoms in total. The minimum Gasteiger partial charge on any atom is -0.382 e. The van der Waals surface area contributed by atoms with Crippen molar-refractivity contribution in [3.05, 3.63) is 45.8 Å². The second-order valence-corrected chi connectivity index (χ2v) is 5.13. The lowest BCUT2D eigenvalue weighted by Gasteiger charge is -2.08. The molecule has 4 N–H and O–H groups in total. The minimum absolute atomic E-state index is 0.0585. The Hall–Kier alpha value is -2.93. The lowest BCUT2D eigenvalue weighted by atomic mass is 10.2. The third kappa shape index (κ3) is 3.83. The Morgan fingerprint density at radius 3 is 2.78 bits per heavy atom. The molecule has 1 aromatic carbocycles. The highest BCUT2D eigenvalue weighted by Crippen LogP contribution is 2.17. The highest BCUT2D eigenvalue weighted by molar-refractivity contribution is 7.99. The molecule has 23 heavy (non-hydrogen) atoms. The van der Waals surface area contributed by atoms with Crippen LogP contribution < -0.4 is 16.6 Å². The predicted molar refractivity (Wildman–Crippen MR) is 79.9 cm³/mol. The van der Waals surface area contributed by atoms with Gasteiger partial charge in [-0.1, -0.05) is 11.8 Å². The largest absolute Gasteiger partial charge is 0.382 e. The number of nitrogens with two attached hydrogens (primary N) is 1. The summed E-state index contributed by atoms with van der Waals surface area (Å²) in [7, 11) is 0. The lowest BCUT2D eigenvalue weighted by Crippen LogP contribution is -2.23. The summed E-state index contributed by atoms with van der Waals surface area (Å²) in [6, 6.07) is 4.40. The lowest BCUT2D eigenvalue weighted by molar-refractivity contribution is 0.102. The van der Waals surface area contributed by atoms with Gasteiger partial charge in [0, 0.05) is 5.56 Å². The highest BCUT2D eigenvalue weighted by Gasteiger charge is 2.15. The van der Waals surface area contributed by atoms with Crippen molar-refractivity contribution >= 4 is 29.2 Å². The van der Waals surface area contributed by atoms with Gasteiger partial charge in [0.15, 0.2) is 22.6 Å². The first-order valence-electron chi connectivity index (χ1n) is 6.08. The van der Waals surface area contributed by atoms with Crippen molar-refractivity contribution < 1.29 is 13.6 Å². The molecule has 2 rings (SSSR count). The maximum absolute atomic E-state index is 13.1. The quantitative estimate of drug-likeness (QED) is 0.573. The van der Waals surface area contributed by atoms with Crippen LogP contribution in [-0.4, -0.2) is 21.6 Å². The molecule has 0 spiro atoms. The second kappa shape index (κ2) is 6.89. The number of nitrogen functional groups attached to an aromatic ring is 1. The van der Waals surface area contributed by atoms with E-state index in [-0.39, 0.29) is 28.0 Å². The zero-order valence-electron chi connectivity index (χ0n) is 11.4. The zero-order valence-corrected chi connectivity index (χ0v) is 12.2. The first kappa shape index (κ1) is 16.4. The van der Waals surface area contributed by atoms with Gasteiger partial charge in [-0.25, -0.2) is 13.8 Å². The number of nitrogens with zero attached hydrogens (tertiary/aromatic N) is 2. The summed E-state index contributed by atoms with van der Waals surface area (Å²) in [6.45, 7) is 0. The van der Waals surface area contributed by atoms with Crippen molar-refractivity contribution in [2.24, 2.45) is 0 Å². The standard InChI is InChI=1S/C13H9F2N5O2S/c14-7-2-1-6(5-8(7)15)11(21)18-9-10(17)19-13(20-12(9)22)23-4-3-16/h1-2,5H,4H2,(H,18,21)(H3,17,19,20,22). The van der Waals surface area contributed by atoms with E-state index in [9.17, 15) is 18.4 Å². The van der Waals surface area contributed by atoms with Crippen molar-refractivity contribution in [3.8, 4) is 6.07 Å². The molecule has 0 fully saturated rings. The van der Waals surface area contributed by atoms with Crippen molar-refractivity contribution in [3.63, 3.8) is 0 Å². The number of amides is 1. The summed E-state index contributed by atoms with van der Waals surface area (Å²) < 4.78 is 26.0. The van der Waals surface area contributed by atoms with E-state index >= 15 is 0 Å². The molecule has 0 atom stereocenters. The number of carbonyl (C=O) groups is 1. The Morgan fingerprint density at radius 1 is 1.43 bits per heavy atom. The van der Waals surface area contributed by atoms with Gasteiger partial charge < -0.3 is 11.1 Å². The van der Waals surface area contributed by atoms with Crippen LogP contribution in [0.1, 0.15) is 10.4 Å². The van der Waals surface area contributed by atoms with Gasteiger partial charge in [-0.2, -0.15) is 5.26 Å². The Labute approximate surface area is 132 Å². The van der Waals surface area contributed by atoms with Crippen LogP contribution in [0.2, 0.25) is 0 Å². The number of carbonyl (C=O) groups excluding carboxylic acids is 1. The fourth-order valence-corrected chi connectivity index (χ4v) is 2.11. The number of nitriles is 1. The van der Waals surface area contributed by atoms with Gasteiger partial charge in [0.05, 0.1) is 11.8 Å². The third-order valence-electron chi connectivity index (χ3n) is 2.62. The van der Waals surface area contributed by atoms with Crippen LogP contribution in [0.5, 0.6) is 0 Å². The summed E-state index contributed by atoms with van der Waals surface area (Å²) in [6.07, 6.45) is 0. The number of hydrogen-bond donors (Lipinski definition) is 3. The second-order valence-electron chi connectivity index (χ2n) is 4.16. The summed E-state index contributed by atoms with van der Waals surface area (Å²) >= 11 is 0.965. The van der Waals surface area contributed by atoms with Gasteiger partial charge in [0.1, 0.15) is 5.69 Å². The average Bonchev–Trinajstić information content (AvgIpc) is 2.51. The Morgan fingerprint density at radius 2 is 2.17 bits per heavy atom. The van der Waals surface area contributed by atoms with Gasteiger partial charge >= 0.3 is 0 Å². The summed E-state index contributed by atoms with van der Waals surface area (Å²) in [5.41, 5.74) is 4.36. The number of thioether (sulfide) groups is 1. The molecule has 1 amide bonds. The molecule has 1 aromatic heterocycles. The molecular weight excluding hydrogens is 328 g/mol. The van der Waals surface area contributed by atoms with Crippen molar-refractivity contribution in [1.29, 1.82) is 5.26 Å². The van der Waals surface area contributed by atoms with Crippen LogP contribution in [0.15, 0.2) is 28.2 Å². The molecule has 0 aliphatic carbocycles. The molecule has 118 valence electrons. The Balaban J connectivity index is 2.26. The van der Waals surface area contributed by atoms with Crippen molar-refractivity contribution in [1.82, 2.24) is 9.97 Å². The van der Waals surface area contributed by atoms with Gasteiger partial charge in [-0.05, 0) is 18.2 Å². The van der Waals surface area contributed by atoms with E-state index in [1.807, 2.05) is 6.07 Å². The van der Waals surface area contributed by atoms with Crippen LogP contribution in [-0.2, 0) is 0 Å². The Bertz CT molecular complexity index is 862. The van der Waals surface area contributed by atoms with Crippen LogP contribution >= 0.6 is 11.8 Å². The fourth-order valence-electron chi connectivity index (χ4n) is 1.58. The van der Waals surface area contributed by atoms with E-state index in [4.69, 9.17) is 11.0 Å². The van der Waals surface area contributed by atoms with Crippen molar-refractivity contribution in [2.75, 3.05) is 16.8 Å². The number of nitrogens with one attached hydrogen (secondary N) is 2. The van der Waals surface area contributed by atoms with Crippen LogP contribution in [0, 0.1) is 23.0 Å². The number of rotatable bonds is 4. The minimum atomic E-state index is -1.19. The number of anilines is 2. The first-order chi connectivity index (χ1) is 10.9. The molecule has 0 aliphatic heterocycles. The molecule has 0 unspecified atom stereocenters. The number of H-pyrrole nitrogens is 1. The fraction of sp³-hybridized carbons (Fsp3) is 0.0769. The predicted octanol–water partition coefficient (Wildman–Crippen LogP) is 1.50. The summed E-state index contributed by atoms with van der Waals surface area (Å²) in [4.78, 5) is 30.0. The van der Waals surface area contributed by atoms with Gasteiger partial charge in [-0.3, -0.25) is 14.6 Å². The van der Waals surface area contributed by atoms with E-state index in [1.54, 1.807) is 0 Å². The monoisotopic (exact) mass is 337 g/mol. The smallest absolute Gasteiger partial charge is 0.277 e. The molecule has 0 bridgehead atoms. The molecule has 0 saturated carbocycles. The average molecular weight is 337 g/mol. The number of benzene rings is 1. The normalized spacial score (nSPS) is 10.1. The molecule has 1 heterocycles. The van der Waals surface area contributed by atoms with Crippen LogP contribution in [0.3, 0.4) is 0 Å². The molecule has 0 saturated heterocycles. The van der Waals surface area contributed by atoms with E-state index in [2.05, 4.69) is 15.3 Å². The number of halogens is 2. The molecule has 10 heteroatoms. The topological polar surface area (TPSA) is 125 Å². The van der Waals surface area contributed by atoms with Crippen LogP contribution in [0.4, 0.5) is 20.3 Å². The molecule has 0 radical (unpaired) electrons. The number of aromatic amines is 1. The first-order valence-corrected chi connectivity index (χ1v) is 7.07. The van der Waals surface area contributed by atoms with E-state index in [0.29, 0.717) is 6.07 Å². The SMILES string of the molecule is N#CCSc1nc(N)c(NC(=O)c2ccc(F)c(F)c2)c(=O)[nH]1. The molecule has 0 aliphatic rings. The van der Waals surface area contributed by atoms with E-state index in [1.165, 1.54) is 0 Å². The molecular formula is C13H9F2N5O2S. The summed E-state index contributed by atoms with van der Waals surface area (Å²) in [5.74, 6) is -3.34. The van der Waals surface area contributed by atoms with Gasteiger partial charge in [0.25, 0.3) is 11.5 Å². The van der Waals surface area contributed by atoms with Gasteiger partial charge in [0.2, 0.25) is 0 Å². The van der Waals surface area contributed by atoms with Crippen LogP contribution in [0.25, 0.3) is 0 Å². The zero-order chi connectivity index (χ0) is 17.0. The number of aromatic nitrogens is 2. The maximum Gasteiger partial charge on any atom is 0.277 e. The highest BCUT2D eigenvalue weighted by atomic mass is 32.2. The Kier molecular flexibility index (Phi) is 4.92. The van der Waals surface area contributed by atoms with Crippen molar-refractivity contribution in [2.45, 2.75) is 5.16 Å². The summed E-state index contributed by atoms with van der Waals surface area (Å²) in [5, 5.41) is 10.8. The molecule has 2 aromatic rings.